The first kappa shape index (κ1) is 46.2. The van der Waals surface area contributed by atoms with Crippen LogP contribution in [-0.4, -0.2) is 11.8 Å². The highest BCUT2D eigenvalue weighted by atomic mass is 32.1. The molecule has 5 heteroatoms. The van der Waals surface area contributed by atoms with Crippen LogP contribution in [0.4, 0.5) is 11.4 Å². The number of nitrogens with one attached hydrogen (secondary N) is 1. The molecule has 0 amide bonds. The fourth-order valence-corrected chi connectivity index (χ4v) is 16.2. The fraction of sp³-hybridized carbons (Fsp3) is 0.211. The Bertz CT molecular complexity index is 4440. The Morgan fingerprint density at radius 3 is 1.89 bits per heavy atom. The van der Waals surface area contributed by atoms with Crippen LogP contribution in [0.3, 0.4) is 0 Å². The lowest BCUT2D eigenvalue weighted by atomic mass is 9.59. The molecule has 12 aromatic rings. The molecular weight excluding hydrogens is 956 g/mol. The van der Waals surface area contributed by atoms with Crippen LogP contribution in [-0.2, 0) is 21.7 Å². The molecule has 0 radical (unpaired) electrons. The minimum absolute atomic E-state index is 0.0608. The van der Waals surface area contributed by atoms with Crippen LogP contribution in [0.2, 0.25) is 0 Å². The largest absolute Gasteiger partial charge is 0.355 e. The number of nitrogens with zero attached hydrogens (tertiary/aromatic N) is 1. The van der Waals surface area contributed by atoms with Crippen molar-refractivity contribution in [1.29, 1.82) is 0 Å². The van der Waals surface area contributed by atoms with Crippen molar-refractivity contribution in [2.45, 2.75) is 96.8 Å². The van der Waals surface area contributed by atoms with Gasteiger partial charge in [-0.2, -0.15) is 0 Å². The molecule has 0 unspecified atom stereocenters. The second-order valence-electron chi connectivity index (χ2n) is 25.2. The Hall–Kier alpha value is -7.18. The zero-order valence-corrected chi connectivity index (χ0v) is 46.7. The van der Waals surface area contributed by atoms with Gasteiger partial charge in [-0.15, -0.1) is 22.7 Å². The molecule has 2 nitrogen and oxygen atoms in total. The highest BCUT2D eigenvalue weighted by Gasteiger charge is 2.43. The highest BCUT2D eigenvalue weighted by molar-refractivity contribution is 7.26. The van der Waals surface area contributed by atoms with Gasteiger partial charge in [-0.1, -0.05) is 177 Å². The third kappa shape index (κ3) is 6.70. The maximum absolute atomic E-state index is 4.10. The molecule has 3 aliphatic rings. The van der Waals surface area contributed by atoms with E-state index in [9.17, 15) is 0 Å². The number of aromatic nitrogens is 1. The standard InChI is InChI=1S/C71H61BN2S2/c1-68(2,3)42-24-26-43(27-25-42)73-58-38-54-47(48-33-55-56(37-53(48)71(54,8)9)70(6,7)31-30-69(55,4)5)32-49(58)45-28-29-46-50-36-62-51(44-22-16-17-23-61(44)75-62)34-59(50)74-60-35-52-63(39-57(60)72-65(45)66(46)74)76-67(41-20-14-11-15-21-41)64(52)40-18-12-10-13-19-40/h10-29,32-39,72-73H,30-31H2,1-9H3. The molecule has 1 N–H and O–H groups in total. The second-order valence-corrected chi connectivity index (χ2v) is 27.3. The Balaban J connectivity index is 1.02. The summed E-state index contributed by atoms with van der Waals surface area (Å²) < 4.78 is 6.66. The lowest BCUT2D eigenvalue weighted by Gasteiger charge is -2.42. The Labute approximate surface area is 455 Å². The molecule has 0 fully saturated rings. The van der Waals surface area contributed by atoms with E-state index in [2.05, 4.69) is 242 Å². The van der Waals surface area contributed by atoms with Crippen molar-refractivity contribution >= 4 is 104 Å². The summed E-state index contributed by atoms with van der Waals surface area (Å²) in [5.41, 5.74) is 25.3. The molecule has 0 bridgehead atoms. The van der Waals surface area contributed by atoms with Gasteiger partial charge in [0.2, 0.25) is 0 Å². The van der Waals surface area contributed by atoms with Gasteiger partial charge in [0.15, 0.2) is 7.28 Å². The molecule has 4 heterocycles. The van der Waals surface area contributed by atoms with Crippen molar-refractivity contribution in [3.8, 4) is 49.5 Å². The summed E-state index contributed by atoms with van der Waals surface area (Å²) in [6.07, 6.45) is 2.39. The van der Waals surface area contributed by atoms with Crippen LogP contribution < -0.4 is 16.2 Å². The lowest BCUT2D eigenvalue weighted by molar-refractivity contribution is 0.331. The molecule has 2 aliphatic carbocycles. The van der Waals surface area contributed by atoms with Crippen LogP contribution in [0.1, 0.15) is 103 Å². The maximum Gasteiger partial charge on any atom is 0.198 e. The average Bonchev–Trinajstić information content (AvgIpc) is 4.32. The van der Waals surface area contributed by atoms with Crippen LogP contribution >= 0.6 is 22.7 Å². The first-order valence-corrected chi connectivity index (χ1v) is 29.0. The van der Waals surface area contributed by atoms with Gasteiger partial charge in [0.25, 0.3) is 0 Å². The summed E-state index contributed by atoms with van der Waals surface area (Å²) in [5, 5.41) is 10.7. The monoisotopic (exact) mass is 1020 g/mol. The van der Waals surface area contributed by atoms with Gasteiger partial charge in [0.05, 0.1) is 5.52 Å². The number of thiophene rings is 2. The Morgan fingerprint density at radius 1 is 0.500 bits per heavy atom. The molecule has 0 spiro atoms. The van der Waals surface area contributed by atoms with E-state index in [0.717, 1.165) is 18.7 Å². The van der Waals surface area contributed by atoms with E-state index in [1.165, 1.54) is 153 Å². The van der Waals surface area contributed by atoms with E-state index in [4.69, 9.17) is 0 Å². The minimum Gasteiger partial charge on any atom is -0.355 e. The van der Waals surface area contributed by atoms with Crippen molar-refractivity contribution in [2.75, 3.05) is 5.32 Å². The fourth-order valence-electron chi connectivity index (χ4n) is 13.8. The number of rotatable bonds is 5. The summed E-state index contributed by atoms with van der Waals surface area (Å²) >= 11 is 3.85. The Morgan fingerprint density at radius 2 is 1.16 bits per heavy atom. The molecular formula is C71H61BN2S2. The van der Waals surface area contributed by atoms with Crippen molar-refractivity contribution in [1.82, 2.24) is 4.57 Å². The number of hydrogen-bond donors (Lipinski definition) is 1. The summed E-state index contributed by atoms with van der Waals surface area (Å²) in [7, 11) is 0.820. The van der Waals surface area contributed by atoms with Crippen LogP contribution in [0, 0.1) is 0 Å². The summed E-state index contributed by atoms with van der Waals surface area (Å²) in [4.78, 5) is 1.32. The van der Waals surface area contributed by atoms with Crippen LogP contribution in [0.25, 0.3) is 102 Å². The number of hydrogen-bond acceptors (Lipinski definition) is 3. The van der Waals surface area contributed by atoms with E-state index in [0.29, 0.717) is 0 Å². The number of benzene rings is 9. The molecule has 0 atom stereocenters. The van der Waals surface area contributed by atoms with Crippen molar-refractivity contribution in [3.63, 3.8) is 0 Å². The molecule has 370 valence electrons. The van der Waals surface area contributed by atoms with Gasteiger partial charge < -0.3 is 9.88 Å². The van der Waals surface area contributed by atoms with Crippen molar-refractivity contribution < 1.29 is 0 Å². The normalized spacial score (nSPS) is 15.8. The molecule has 15 rings (SSSR count). The van der Waals surface area contributed by atoms with Gasteiger partial charge >= 0.3 is 0 Å². The zero-order chi connectivity index (χ0) is 51.8. The average molecular weight is 1020 g/mol. The van der Waals surface area contributed by atoms with Gasteiger partial charge in [-0.05, 0) is 151 Å². The summed E-state index contributed by atoms with van der Waals surface area (Å²) in [6.45, 7) is 21.7. The van der Waals surface area contributed by atoms with E-state index < -0.39 is 0 Å². The molecule has 3 aromatic heterocycles. The first-order valence-electron chi connectivity index (χ1n) is 27.4. The van der Waals surface area contributed by atoms with E-state index >= 15 is 0 Å². The molecule has 76 heavy (non-hydrogen) atoms. The number of anilines is 2. The van der Waals surface area contributed by atoms with Crippen molar-refractivity contribution in [3.05, 3.63) is 198 Å². The summed E-state index contributed by atoms with van der Waals surface area (Å²) in [5.74, 6) is 0. The molecule has 0 saturated heterocycles. The molecule has 1 aliphatic heterocycles. The van der Waals surface area contributed by atoms with E-state index in [1.807, 2.05) is 22.7 Å². The smallest absolute Gasteiger partial charge is 0.198 e. The quantitative estimate of drug-likeness (QED) is 0.170. The molecule has 9 aromatic carbocycles. The van der Waals surface area contributed by atoms with E-state index in [-0.39, 0.29) is 21.7 Å². The third-order valence-electron chi connectivity index (χ3n) is 18.2. The second kappa shape index (κ2) is 15.9. The van der Waals surface area contributed by atoms with Gasteiger partial charge in [0, 0.05) is 85.0 Å². The predicted molar refractivity (Wildman–Crippen MR) is 333 cm³/mol. The summed E-state index contributed by atoms with van der Waals surface area (Å²) in [6, 6.07) is 65.6. The Kier molecular flexibility index (Phi) is 9.68. The zero-order valence-electron chi connectivity index (χ0n) is 45.1. The predicted octanol–water partition coefficient (Wildman–Crippen LogP) is 18.8. The third-order valence-corrected chi connectivity index (χ3v) is 20.6. The van der Waals surface area contributed by atoms with Crippen LogP contribution in [0.15, 0.2) is 170 Å². The maximum atomic E-state index is 4.10. The van der Waals surface area contributed by atoms with Gasteiger partial charge in [0.1, 0.15) is 0 Å². The molecule has 0 saturated carbocycles. The van der Waals surface area contributed by atoms with Crippen molar-refractivity contribution in [2.24, 2.45) is 0 Å². The van der Waals surface area contributed by atoms with E-state index in [1.54, 1.807) is 0 Å². The van der Waals surface area contributed by atoms with Gasteiger partial charge in [-0.25, -0.2) is 0 Å². The topological polar surface area (TPSA) is 17.0 Å². The SMILES string of the molecule is CC(C)(C)c1ccc(Nc2cc3c(cc2-c2ccc4c5cc6sc7ccccc7c6cc5n5c4c2Bc2cc4sc(-c6ccccc6)c(-c6ccccc6)c4cc2-5)-c2cc4c(cc2C3(C)C)C(C)(C)CCC4(C)C)cc1. The van der Waals surface area contributed by atoms with Gasteiger partial charge in [-0.3, -0.25) is 0 Å². The highest BCUT2D eigenvalue weighted by Crippen LogP contribution is 2.57. The number of fused-ring (bicyclic) bond motifs is 13. The lowest BCUT2D eigenvalue weighted by Crippen LogP contribution is -2.37. The minimum atomic E-state index is -0.188. The van der Waals surface area contributed by atoms with Crippen LogP contribution in [0.5, 0.6) is 0 Å². The first-order chi connectivity index (χ1) is 36.5.